The molecule has 0 bridgehead atoms. The van der Waals surface area contributed by atoms with Crippen LogP contribution in [0.4, 0.5) is 8.78 Å². The molecule has 4 amide bonds. The van der Waals surface area contributed by atoms with E-state index in [1.54, 1.807) is 24.3 Å². The summed E-state index contributed by atoms with van der Waals surface area (Å²) < 4.78 is 38.9. The van der Waals surface area contributed by atoms with E-state index in [9.17, 15) is 38.5 Å². The maximum Gasteiger partial charge on any atom is 0.263 e. The van der Waals surface area contributed by atoms with Gasteiger partial charge in [0.15, 0.2) is 11.1 Å². The number of hydrogen-bond acceptors (Lipinski definition) is 8. The van der Waals surface area contributed by atoms with Crippen molar-refractivity contribution < 1.29 is 37.4 Å². The lowest BCUT2D eigenvalue weighted by Crippen LogP contribution is -2.52. The zero-order valence-corrected chi connectivity index (χ0v) is 29.5. The molecule has 0 spiro atoms. The summed E-state index contributed by atoms with van der Waals surface area (Å²) in [6, 6.07) is 35.5. The maximum atomic E-state index is 13.9. The Kier molecular flexibility index (Phi) is 13.1. The van der Waals surface area contributed by atoms with Gasteiger partial charge in [-0.15, -0.1) is 0 Å². The van der Waals surface area contributed by atoms with Crippen LogP contribution >= 0.6 is 0 Å². The van der Waals surface area contributed by atoms with Crippen molar-refractivity contribution in [1.29, 1.82) is 10.5 Å². The lowest BCUT2D eigenvalue weighted by atomic mass is 9.94. The van der Waals surface area contributed by atoms with Crippen LogP contribution in [0.1, 0.15) is 78.2 Å². The van der Waals surface area contributed by atoms with Crippen molar-refractivity contribution in [2.45, 2.75) is 50.0 Å². The van der Waals surface area contributed by atoms with E-state index in [1.807, 2.05) is 72.8 Å². The third-order valence-corrected chi connectivity index (χ3v) is 9.28. The average molecular weight is 733 g/mol. The normalized spacial score (nSPS) is 15.3. The molecule has 0 saturated carbocycles. The Morgan fingerprint density at radius 2 is 0.796 bits per heavy atom. The molecule has 0 aromatic heterocycles. The molecule has 276 valence electrons. The zero-order chi connectivity index (χ0) is 38.6. The first-order chi connectivity index (χ1) is 26.3. The van der Waals surface area contributed by atoms with Gasteiger partial charge in [0, 0.05) is 13.2 Å². The zero-order valence-electron chi connectivity index (χ0n) is 29.5. The summed E-state index contributed by atoms with van der Waals surface area (Å²) in [4.78, 5) is 52.0. The van der Waals surface area contributed by atoms with Crippen molar-refractivity contribution in [1.82, 2.24) is 9.80 Å². The third-order valence-electron chi connectivity index (χ3n) is 9.28. The van der Waals surface area contributed by atoms with Crippen LogP contribution in [0.2, 0.25) is 0 Å². The number of carbonyl (C=O) groups is 4. The molecule has 6 rings (SSSR count). The smallest absolute Gasteiger partial charge is 0.263 e. The van der Waals surface area contributed by atoms with Crippen molar-refractivity contribution in [3.63, 3.8) is 0 Å². The van der Waals surface area contributed by atoms with Gasteiger partial charge < -0.3 is 9.47 Å². The number of hydrogen-bond donors (Lipinski definition) is 0. The molecule has 2 atom stereocenters. The van der Waals surface area contributed by atoms with Gasteiger partial charge in [0.1, 0.15) is 13.3 Å². The van der Waals surface area contributed by atoms with Crippen LogP contribution in [0.5, 0.6) is 0 Å². The fourth-order valence-corrected chi connectivity index (χ4v) is 6.37. The van der Waals surface area contributed by atoms with Crippen molar-refractivity contribution in [3.05, 3.63) is 143 Å². The highest BCUT2D eigenvalue weighted by molar-refractivity contribution is 6.22. The fourth-order valence-electron chi connectivity index (χ4n) is 6.37. The first-order valence-electron chi connectivity index (χ1n) is 17.4. The van der Waals surface area contributed by atoms with E-state index in [0.29, 0.717) is 39.3 Å². The summed E-state index contributed by atoms with van der Waals surface area (Å²) in [6.07, 6.45) is 0.718. The molecule has 4 aromatic rings. The molecule has 2 unspecified atom stereocenters. The van der Waals surface area contributed by atoms with Gasteiger partial charge in [-0.3, -0.25) is 29.0 Å². The Morgan fingerprint density at radius 1 is 0.500 bits per heavy atom. The number of nitrogens with zero attached hydrogens (tertiary/aromatic N) is 4. The van der Waals surface area contributed by atoms with Gasteiger partial charge in [-0.25, -0.2) is 8.78 Å². The van der Waals surface area contributed by atoms with Crippen LogP contribution in [-0.2, 0) is 22.7 Å². The van der Waals surface area contributed by atoms with Gasteiger partial charge in [0.05, 0.1) is 47.6 Å². The van der Waals surface area contributed by atoms with Crippen molar-refractivity contribution >= 4 is 23.6 Å². The minimum Gasteiger partial charge on any atom is -0.377 e. The number of halogens is 2. The second-order valence-corrected chi connectivity index (χ2v) is 12.8. The molecule has 0 aliphatic carbocycles. The summed E-state index contributed by atoms with van der Waals surface area (Å²) in [7, 11) is 0. The molecular formula is C42H38F2N4O6. The van der Waals surface area contributed by atoms with Crippen LogP contribution in [0.15, 0.2) is 109 Å². The van der Waals surface area contributed by atoms with Gasteiger partial charge in [-0.2, -0.15) is 10.5 Å². The van der Waals surface area contributed by atoms with E-state index in [1.165, 1.54) is 24.3 Å². The number of amides is 4. The molecule has 0 saturated heterocycles. The quantitative estimate of drug-likeness (QED) is 0.0884. The number of ether oxygens (including phenoxy) is 2. The Morgan fingerprint density at radius 3 is 1.07 bits per heavy atom. The number of imide groups is 2. The van der Waals surface area contributed by atoms with Gasteiger partial charge in [-0.1, -0.05) is 84.9 Å². The number of rotatable bonds is 16. The van der Waals surface area contributed by atoms with Gasteiger partial charge in [-0.05, 0) is 61.1 Å². The number of fused-ring (bicyclic) bond motifs is 2. The Bertz CT molecular complexity index is 1830. The molecule has 0 radical (unpaired) electrons. The van der Waals surface area contributed by atoms with Gasteiger partial charge in [0.2, 0.25) is 0 Å². The monoisotopic (exact) mass is 732 g/mol. The SMILES string of the molecule is N#CC(CF)(CCCOCc1ccccc1)N1C(=O)c2ccccc2C1=O.N#CC(CF)(CCCOCc1ccccc1)N1C(=O)c2ccccc2C1=O. The Hall–Kier alpha value is -6.08. The van der Waals surface area contributed by atoms with Crippen LogP contribution in [0.25, 0.3) is 0 Å². The van der Waals surface area contributed by atoms with Crippen molar-refractivity contribution in [2.24, 2.45) is 0 Å². The largest absolute Gasteiger partial charge is 0.377 e. The molecule has 2 aliphatic rings. The van der Waals surface area contributed by atoms with E-state index < -0.39 is 48.1 Å². The average Bonchev–Trinajstić information content (AvgIpc) is 3.63. The molecule has 54 heavy (non-hydrogen) atoms. The van der Waals surface area contributed by atoms with E-state index in [0.717, 1.165) is 20.9 Å². The van der Waals surface area contributed by atoms with Gasteiger partial charge in [0.25, 0.3) is 23.6 Å². The van der Waals surface area contributed by atoms with Crippen LogP contribution in [0.3, 0.4) is 0 Å². The summed E-state index contributed by atoms with van der Waals surface area (Å²) in [5, 5.41) is 19.2. The summed E-state index contributed by atoms with van der Waals surface area (Å²) >= 11 is 0. The molecule has 10 nitrogen and oxygen atoms in total. The Labute approximate surface area is 312 Å². The third kappa shape index (κ3) is 8.26. The Balaban J connectivity index is 0.000000208. The predicted octanol–water partition coefficient (Wildman–Crippen LogP) is 7.02. The van der Waals surface area contributed by atoms with Crippen molar-refractivity contribution in [3.8, 4) is 12.1 Å². The first kappa shape index (κ1) is 39.1. The minimum atomic E-state index is -1.82. The lowest BCUT2D eigenvalue weighted by molar-refractivity contribution is 0.0404. The number of benzene rings is 4. The molecular weight excluding hydrogens is 694 g/mol. The second kappa shape index (κ2) is 18.1. The number of alkyl halides is 2. The summed E-state index contributed by atoms with van der Waals surface area (Å²) in [6.45, 7) is -0.837. The summed E-state index contributed by atoms with van der Waals surface area (Å²) in [5.41, 5.74) is -0.796. The number of nitriles is 2. The minimum absolute atomic E-state index is 0.0141. The van der Waals surface area contributed by atoms with E-state index >= 15 is 0 Å². The first-order valence-corrected chi connectivity index (χ1v) is 17.4. The lowest BCUT2D eigenvalue weighted by Gasteiger charge is -2.32. The van der Waals surface area contributed by atoms with Gasteiger partial charge >= 0.3 is 0 Å². The second-order valence-electron chi connectivity index (χ2n) is 12.8. The van der Waals surface area contributed by atoms with Crippen LogP contribution < -0.4 is 0 Å². The highest BCUT2D eigenvalue weighted by Crippen LogP contribution is 2.34. The highest BCUT2D eigenvalue weighted by Gasteiger charge is 2.50. The molecule has 4 aromatic carbocycles. The molecule has 12 heteroatoms. The van der Waals surface area contributed by atoms with Crippen LogP contribution in [0, 0.1) is 22.7 Å². The number of carbonyl (C=O) groups excluding carboxylic acids is 4. The van der Waals surface area contributed by atoms with E-state index in [-0.39, 0.29) is 35.1 Å². The highest BCUT2D eigenvalue weighted by atomic mass is 19.1. The molecule has 2 heterocycles. The predicted molar refractivity (Wildman–Crippen MR) is 193 cm³/mol. The molecule has 0 fully saturated rings. The fraction of sp³-hybridized carbons (Fsp3) is 0.286. The maximum absolute atomic E-state index is 13.9. The topological polar surface area (TPSA) is 141 Å². The summed E-state index contributed by atoms with van der Waals surface area (Å²) in [5.74, 6) is -2.50. The van der Waals surface area contributed by atoms with Crippen molar-refractivity contribution in [2.75, 3.05) is 26.6 Å². The standard InChI is InChI=1S/2C21H19FN2O3/c2*22-14-21(15-23,11-6-12-27-13-16-7-2-1-3-8-16)24-19(25)17-9-4-5-10-18(17)20(24)26/h2*1-5,7-10H,6,11-14H2. The molecule has 2 aliphatic heterocycles. The van der Waals surface area contributed by atoms with E-state index in [4.69, 9.17) is 9.47 Å². The van der Waals surface area contributed by atoms with Crippen LogP contribution in [-0.4, -0.2) is 71.1 Å². The van der Waals surface area contributed by atoms with E-state index in [2.05, 4.69) is 0 Å². The molecule has 0 N–H and O–H groups in total.